The number of hydrogen-bond acceptors (Lipinski definition) is 2. The van der Waals surface area contributed by atoms with Gasteiger partial charge in [-0.05, 0) is 36.8 Å². The van der Waals surface area contributed by atoms with Gasteiger partial charge in [0, 0.05) is 10.0 Å². The van der Waals surface area contributed by atoms with Crippen molar-refractivity contribution < 1.29 is 9.15 Å². The van der Waals surface area contributed by atoms with Crippen LogP contribution < -0.4 is 4.74 Å². The Morgan fingerprint density at radius 2 is 2.12 bits per heavy atom. The zero-order chi connectivity index (χ0) is 12.4. The maximum Gasteiger partial charge on any atom is 0.129 e. The van der Waals surface area contributed by atoms with Crippen molar-refractivity contribution in [2.24, 2.45) is 0 Å². The molecule has 0 aliphatic rings. The van der Waals surface area contributed by atoms with Crippen molar-refractivity contribution in [3.63, 3.8) is 0 Å². The van der Waals surface area contributed by atoms with Crippen molar-refractivity contribution in [3.05, 3.63) is 51.9 Å². The van der Waals surface area contributed by atoms with Gasteiger partial charge in [0.1, 0.15) is 16.9 Å². The third-order valence-electron chi connectivity index (χ3n) is 2.60. The summed E-state index contributed by atoms with van der Waals surface area (Å²) >= 11 is 9.87. The van der Waals surface area contributed by atoms with E-state index in [0.717, 1.165) is 27.1 Å². The van der Waals surface area contributed by atoms with Crippen molar-refractivity contribution in [2.75, 3.05) is 7.11 Å². The third-order valence-corrected chi connectivity index (χ3v) is 3.52. The number of hydrogen-bond donors (Lipinski definition) is 0. The number of benzene rings is 1. The first kappa shape index (κ1) is 12.5. The average Bonchev–Trinajstić information content (AvgIpc) is 2.74. The predicted molar refractivity (Wildman–Crippen MR) is 71.8 cm³/mol. The molecule has 1 unspecified atom stereocenters. The lowest BCUT2D eigenvalue weighted by Crippen LogP contribution is -1.97. The van der Waals surface area contributed by atoms with Gasteiger partial charge in [0.05, 0.1) is 13.4 Å². The molecular weight excluding hydrogens is 303 g/mol. The first-order valence-corrected chi connectivity index (χ1v) is 6.38. The van der Waals surface area contributed by atoms with E-state index >= 15 is 0 Å². The molecule has 0 aliphatic heterocycles. The molecule has 0 saturated carbocycles. The Morgan fingerprint density at radius 3 is 2.71 bits per heavy atom. The van der Waals surface area contributed by atoms with E-state index in [1.165, 1.54) is 0 Å². The number of rotatable bonds is 3. The topological polar surface area (TPSA) is 22.4 Å². The van der Waals surface area contributed by atoms with Crippen LogP contribution in [-0.4, -0.2) is 7.11 Å². The summed E-state index contributed by atoms with van der Waals surface area (Å²) in [4.78, 5) is 0. The zero-order valence-electron chi connectivity index (χ0n) is 9.54. The summed E-state index contributed by atoms with van der Waals surface area (Å²) < 4.78 is 11.7. The molecule has 0 bridgehead atoms. The van der Waals surface area contributed by atoms with Crippen molar-refractivity contribution in [1.82, 2.24) is 0 Å². The second kappa shape index (κ2) is 5.15. The first-order valence-electron chi connectivity index (χ1n) is 5.15. The molecule has 1 aromatic heterocycles. The zero-order valence-corrected chi connectivity index (χ0v) is 11.9. The van der Waals surface area contributed by atoms with Crippen LogP contribution in [0.25, 0.3) is 0 Å². The lowest BCUT2D eigenvalue weighted by atomic mass is 10.1. The summed E-state index contributed by atoms with van der Waals surface area (Å²) in [6.45, 7) is 1.97. The van der Waals surface area contributed by atoms with Gasteiger partial charge < -0.3 is 9.15 Å². The monoisotopic (exact) mass is 314 g/mol. The van der Waals surface area contributed by atoms with Gasteiger partial charge in [-0.2, -0.15) is 0 Å². The Hall–Kier alpha value is -0.930. The SMILES string of the molecule is COc1ccc(Br)cc1C(Cl)c1occc1C. The van der Waals surface area contributed by atoms with Crippen molar-refractivity contribution in [3.8, 4) is 5.75 Å². The van der Waals surface area contributed by atoms with Gasteiger partial charge in [0.15, 0.2) is 0 Å². The molecule has 17 heavy (non-hydrogen) atoms. The fraction of sp³-hybridized carbons (Fsp3) is 0.231. The molecule has 2 rings (SSSR count). The number of halogens is 2. The van der Waals surface area contributed by atoms with Gasteiger partial charge in [0.25, 0.3) is 0 Å². The van der Waals surface area contributed by atoms with E-state index in [9.17, 15) is 0 Å². The van der Waals surface area contributed by atoms with Crippen LogP contribution in [0.5, 0.6) is 5.75 Å². The van der Waals surface area contributed by atoms with E-state index < -0.39 is 0 Å². The summed E-state index contributed by atoms with van der Waals surface area (Å²) in [6, 6.07) is 7.64. The number of furan rings is 1. The van der Waals surface area contributed by atoms with Crippen LogP contribution in [0.1, 0.15) is 22.3 Å². The number of methoxy groups -OCH3 is 1. The van der Waals surface area contributed by atoms with E-state index in [0.29, 0.717) is 0 Å². The molecule has 0 radical (unpaired) electrons. The average molecular weight is 316 g/mol. The van der Waals surface area contributed by atoms with Gasteiger partial charge in [-0.3, -0.25) is 0 Å². The fourth-order valence-electron chi connectivity index (χ4n) is 1.69. The van der Waals surface area contributed by atoms with Gasteiger partial charge in [-0.25, -0.2) is 0 Å². The highest BCUT2D eigenvalue weighted by molar-refractivity contribution is 9.10. The second-order valence-electron chi connectivity index (χ2n) is 3.72. The Balaban J connectivity index is 2.46. The van der Waals surface area contributed by atoms with E-state index in [4.69, 9.17) is 20.8 Å². The van der Waals surface area contributed by atoms with Crippen LogP contribution in [-0.2, 0) is 0 Å². The number of aryl methyl sites for hydroxylation is 1. The number of alkyl halides is 1. The summed E-state index contributed by atoms with van der Waals surface area (Å²) in [5.41, 5.74) is 1.92. The molecule has 1 atom stereocenters. The highest BCUT2D eigenvalue weighted by atomic mass is 79.9. The van der Waals surface area contributed by atoms with E-state index in [1.54, 1.807) is 13.4 Å². The van der Waals surface area contributed by atoms with E-state index in [1.807, 2.05) is 31.2 Å². The Labute approximate surface area is 114 Å². The molecule has 0 saturated heterocycles. The Morgan fingerprint density at radius 1 is 1.35 bits per heavy atom. The lowest BCUT2D eigenvalue weighted by molar-refractivity contribution is 0.407. The maximum absolute atomic E-state index is 6.44. The minimum absolute atomic E-state index is 0.350. The summed E-state index contributed by atoms with van der Waals surface area (Å²) in [7, 11) is 1.63. The fourth-order valence-corrected chi connectivity index (χ4v) is 2.46. The van der Waals surface area contributed by atoms with Crippen LogP contribution in [0.15, 0.2) is 39.4 Å². The van der Waals surface area contributed by atoms with Crippen LogP contribution in [0.2, 0.25) is 0 Å². The van der Waals surface area contributed by atoms with Crippen LogP contribution in [0, 0.1) is 6.92 Å². The molecule has 2 nitrogen and oxygen atoms in total. The molecule has 0 N–H and O–H groups in total. The quantitative estimate of drug-likeness (QED) is 0.767. The molecular formula is C13H12BrClO2. The second-order valence-corrected chi connectivity index (χ2v) is 5.07. The largest absolute Gasteiger partial charge is 0.496 e. The summed E-state index contributed by atoms with van der Waals surface area (Å²) in [5, 5.41) is -0.350. The number of ether oxygens (including phenoxy) is 1. The van der Waals surface area contributed by atoms with Gasteiger partial charge in [-0.1, -0.05) is 15.9 Å². The first-order chi connectivity index (χ1) is 8.13. The smallest absolute Gasteiger partial charge is 0.129 e. The molecule has 1 heterocycles. The van der Waals surface area contributed by atoms with E-state index in [-0.39, 0.29) is 5.38 Å². The van der Waals surface area contributed by atoms with Gasteiger partial charge >= 0.3 is 0 Å². The van der Waals surface area contributed by atoms with Crippen molar-refractivity contribution in [1.29, 1.82) is 0 Å². The van der Waals surface area contributed by atoms with E-state index in [2.05, 4.69) is 15.9 Å². The summed E-state index contributed by atoms with van der Waals surface area (Å²) in [5.74, 6) is 1.51. The molecule has 0 aliphatic carbocycles. The van der Waals surface area contributed by atoms with Crippen molar-refractivity contribution >= 4 is 27.5 Å². The molecule has 4 heteroatoms. The highest BCUT2D eigenvalue weighted by Gasteiger charge is 2.20. The van der Waals surface area contributed by atoms with Crippen molar-refractivity contribution in [2.45, 2.75) is 12.3 Å². The predicted octanol–water partition coefficient (Wildman–Crippen LogP) is 4.69. The molecule has 90 valence electrons. The molecule has 2 aromatic rings. The third kappa shape index (κ3) is 2.50. The maximum atomic E-state index is 6.44. The standard InChI is InChI=1S/C13H12BrClO2/c1-8-5-6-17-13(8)12(15)10-7-9(14)3-4-11(10)16-2/h3-7,12H,1-2H3. The highest BCUT2D eigenvalue weighted by Crippen LogP contribution is 2.38. The van der Waals surface area contributed by atoms with Crippen LogP contribution in [0.4, 0.5) is 0 Å². The molecule has 1 aromatic carbocycles. The minimum atomic E-state index is -0.350. The molecule has 0 spiro atoms. The Kier molecular flexibility index (Phi) is 3.79. The van der Waals surface area contributed by atoms with Gasteiger partial charge in [-0.15, -0.1) is 11.6 Å². The van der Waals surface area contributed by atoms with Crippen LogP contribution in [0.3, 0.4) is 0 Å². The minimum Gasteiger partial charge on any atom is -0.496 e. The van der Waals surface area contributed by atoms with Crippen LogP contribution >= 0.6 is 27.5 Å². The van der Waals surface area contributed by atoms with Gasteiger partial charge in [0.2, 0.25) is 0 Å². The summed E-state index contributed by atoms with van der Waals surface area (Å²) in [6.07, 6.45) is 1.64. The Bertz CT molecular complexity index is 522. The lowest BCUT2D eigenvalue weighted by Gasteiger charge is -2.13. The molecule has 0 amide bonds. The molecule has 0 fully saturated rings. The normalized spacial score (nSPS) is 12.5.